The number of carbonyl (C=O) groups excluding carboxylic acids is 1. The van der Waals surface area contributed by atoms with Gasteiger partial charge in [0.15, 0.2) is 5.79 Å². The smallest absolute Gasteiger partial charge is 0.234 e. The van der Waals surface area contributed by atoms with Gasteiger partial charge in [0.25, 0.3) is 0 Å². The molecule has 0 radical (unpaired) electrons. The van der Waals surface area contributed by atoms with E-state index in [0.29, 0.717) is 25.7 Å². The summed E-state index contributed by atoms with van der Waals surface area (Å²) >= 11 is 0. The second-order valence-corrected chi connectivity index (χ2v) is 6.62. The predicted octanol–water partition coefficient (Wildman–Crippen LogP) is 1.66. The molecule has 0 bridgehead atoms. The molecule has 5 nitrogen and oxygen atoms in total. The molecule has 0 aromatic rings. The Morgan fingerprint density at radius 1 is 1.29 bits per heavy atom. The Kier molecular flexibility index (Phi) is 4.82. The van der Waals surface area contributed by atoms with Crippen LogP contribution in [0.3, 0.4) is 0 Å². The van der Waals surface area contributed by atoms with E-state index in [0.717, 1.165) is 19.4 Å². The third kappa shape index (κ3) is 3.96. The molecule has 0 unspecified atom stereocenters. The number of carbonyl (C=O) groups is 1. The monoisotopic (exact) mass is 296 g/mol. The van der Waals surface area contributed by atoms with Crippen molar-refractivity contribution in [1.29, 1.82) is 0 Å². The number of nitrogens with one attached hydrogen (secondary N) is 1. The van der Waals surface area contributed by atoms with Gasteiger partial charge in [0, 0.05) is 25.4 Å². The normalized spacial score (nSPS) is 28.2. The van der Waals surface area contributed by atoms with Gasteiger partial charge in [-0.1, -0.05) is 13.3 Å². The third-order valence-corrected chi connectivity index (χ3v) is 4.87. The van der Waals surface area contributed by atoms with Crippen LogP contribution in [0, 0.1) is 0 Å². The maximum Gasteiger partial charge on any atom is 0.234 e. The fraction of sp³-hybridized carbons (Fsp3) is 0.938. The van der Waals surface area contributed by atoms with Crippen LogP contribution in [0.1, 0.15) is 51.9 Å². The molecule has 5 heteroatoms. The Labute approximate surface area is 127 Å². The highest BCUT2D eigenvalue weighted by atomic mass is 16.7. The van der Waals surface area contributed by atoms with Gasteiger partial charge in [-0.15, -0.1) is 0 Å². The number of rotatable bonds is 6. The number of likely N-dealkylation sites (N-methyl/N-ethyl adjacent to an activating group) is 1. The van der Waals surface area contributed by atoms with E-state index >= 15 is 0 Å². The van der Waals surface area contributed by atoms with E-state index in [-0.39, 0.29) is 17.8 Å². The lowest BCUT2D eigenvalue weighted by Crippen LogP contribution is -2.42. The van der Waals surface area contributed by atoms with Gasteiger partial charge in [-0.05, 0) is 32.2 Å². The molecule has 1 heterocycles. The zero-order chi connectivity index (χ0) is 14.7. The van der Waals surface area contributed by atoms with Gasteiger partial charge in [-0.25, -0.2) is 0 Å². The molecule has 120 valence electrons. The number of amides is 1. The molecule has 3 aliphatic rings. The first-order valence-corrected chi connectivity index (χ1v) is 8.53. The molecule has 0 aromatic heterocycles. The van der Waals surface area contributed by atoms with E-state index in [4.69, 9.17) is 9.47 Å². The van der Waals surface area contributed by atoms with Crippen molar-refractivity contribution < 1.29 is 14.3 Å². The molecule has 21 heavy (non-hydrogen) atoms. The standard InChI is InChI=1S/C16H28N2O3/c1-2-18(13-6-7-13)11-15(19)17-10-14-12-20-16(21-14)8-4-3-5-9-16/h13-14H,2-12H2,1H3,(H,17,19)/t14-/m0/s1. The molecule has 1 saturated heterocycles. The fourth-order valence-corrected chi connectivity index (χ4v) is 3.48. The quantitative estimate of drug-likeness (QED) is 0.810. The summed E-state index contributed by atoms with van der Waals surface area (Å²) in [7, 11) is 0. The predicted molar refractivity (Wildman–Crippen MR) is 79.9 cm³/mol. The minimum atomic E-state index is -0.336. The van der Waals surface area contributed by atoms with E-state index in [1.54, 1.807) is 0 Å². The summed E-state index contributed by atoms with van der Waals surface area (Å²) in [5.74, 6) is -0.228. The minimum absolute atomic E-state index is 0.0167. The summed E-state index contributed by atoms with van der Waals surface area (Å²) < 4.78 is 12.0. The molecule has 1 spiro atoms. The van der Waals surface area contributed by atoms with Crippen molar-refractivity contribution in [1.82, 2.24) is 10.2 Å². The highest BCUT2D eigenvalue weighted by Crippen LogP contribution is 2.37. The molecular weight excluding hydrogens is 268 g/mol. The van der Waals surface area contributed by atoms with Crippen molar-refractivity contribution in [3.63, 3.8) is 0 Å². The first-order chi connectivity index (χ1) is 10.2. The van der Waals surface area contributed by atoms with Crippen LogP contribution in [-0.4, -0.2) is 55.0 Å². The Balaban J connectivity index is 1.38. The van der Waals surface area contributed by atoms with Crippen molar-refractivity contribution in [2.45, 2.75) is 69.8 Å². The van der Waals surface area contributed by atoms with Crippen LogP contribution in [0.25, 0.3) is 0 Å². The Bertz CT molecular complexity index is 365. The lowest BCUT2D eigenvalue weighted by atomic mass is 9.94. The summed E-state index contributed by atoms with van der Waals surface area (Å²) in [5, 5.41) is 3.01. The molecule has 1 N–H and O–H groups in total. The van der Waals surface area contributed by atoms with Crippen LogP contribution in [0.15, 0.2) is 0 Å². The summed E-state index contributed by atoms with van der Waals surface area (Å²) in [5.41, 5.74) is 0. The number of ether oxygens (including phenoxy) is 2. The molecule has 1 amide bonds. The Hall–Kier alpha value is -0.650. The van der Waals surface area contributed by atoms with E-state index in [9.17, 15) is 4.79 Å². The van der Waals surface area contributed by atoms with Crippen molar-refractivity contribution in [3.05, 3.63) is 0 Å². The van der Waals surface area contributed by atoms with E-state index in [2.05, 4.69) is 17.1 Å². The van der Waals surface area contributed by atoms with E-state index in [1.807, 2.05) is 0 Å². The second-order valence-electron chi connectivity index (χ2n) is 6.62. The van der Waals surface area contributed by atoms with Crippen molar-refractivity contribution >= 4 is 5.91 Å². The highest BCUT2D eigenvalue weighted by Gasteiger charge is 2.42. The molecule has 1 atom stereocenters. The molecule has 3 rings (SSSR count). The van der Waals surface area contributed by atoms with Crippen molar-refractivity contribution in [2.75, 3.05) is 26.2 Å². The summed E-state index contributed by atoms with van der Waals surface area (Å²) in [6.07, 6.45) is 8.16. The van der Waals surface area contributed by atoms with Crippen molar-refractivity contribution in [2.24, 2.45) is 0 Å². The van der Waals surface area contributed by atoms with Gasteiger partial charge < -0.3 is 14.8 Å². The highest BCUT2D eigenvalue weighted by molar-refractivity contribution is 5.78. The number of nitrogens with zero attached hydrogens (tertiary/aromatic N) is 1. The van der Waals surface area contributed by atoms with Crippen LogP contribution in [0.2, 0.25) is 0 Å². The zero-order valence-corrected chi connectivity index (χ0v) is 13.1. The molecule has 2 saturated carbocycles. The average Bonchev–Trinajstić information content (AvgIpc) is 3.27. The molecule has 0 aromatic carbocycles. The molecule has 3 fully saturated rings. The summed E-state index contributed by atoms with van der Waals surface area (Å²) in [6, 6.07) is 0.636. The number of hydrogen-bond donors (Lipinski definition) is 1. The topological polar surface area (TPSA) is 50.8 Å². The minimum Gasteiger partial charge on any atom is -0.352 e. The van der Waals surface area contributed by atoms with Crippen LogP contribution in [0.4, 0.5) is 0 Å². The van der Waals surface area contributed by atoms with Gasteiger partial charge in [0.1, 0.15) is 6.10 Å². The van der Waals surface area contributed by atoms with Gasteiger partial charge in [-0.3, -0.25) is 9.69 Å². The largest absolute Gasteiger partial charge is 0.352 e. The molecular formula is C16H28N2O3. The SMILES string of the molecule is CCN(CC(=O)NC[C@H]1COC2(CCCCC2)O1)C1CC1. The maximum atomic E-state index is 12.0. The van der Waals surface area contributed by atoms with Crippen LogP contribution >= 0.6 is 0 Å². The fourth-order valence-electron chi connectivity index (χ4n) is 3.48. The third-order valence-electron chi connectivity index (χ3n) is 4.87. The first kappa shape index (κ1) is 15.3. The first-order valence-electron chi connectivity index (χ1n) is 8.53. The zero-order valence-electron chi connectivity index (χ0n) is 13.1. The Morgan fingerprint density at radius 2 is 2.05 bits per heavy atom. The lowest BCUT2D eigenvalue weighted by molar-refractivity contribution is -0.186. The number of hydrogen-bond acceptors (Lipinski definition) is 4. The molecule has 2 aliphatic carbocycles. The van der Waals surface area contributed by atoms with Crippen LogP contribution in [-0.2, 0) is 14.3 Å². The van der Waals surface area contributed by atoms with Gasteiger partial charge in [0.05, 0.1) is 13.2 Å². The summed E-state index contributed by atoms with van der Waals surface area (Å²) in [4.78, 5) is 14.3. The van der Waals surface area contributed by atoms with Gasteiger partial charge in [0.2, 0.25) is 5.91 Å². The van der Waals surface area contributed by atoms with E-state index < -0.39 is 0 Å². The average molecular weight is 296 g/mol. The lowest BCUT2D eigenvalue weighted by Gasteiger charge is -2.31. The maximum absolute atomic E-state index is 12.0. The van der Waals surface area contributed by atoms with E-state index in [1.165, 1.54) is 32.1 Å². The molecule has 1 aliphatic heterocycles. The summed E-state index contributed by atoms with van der Waals surface area (Å²) in [6.45, 7) is 4.76. The van der Waals surface area contributed by atoms with Crippen molar-refractivity contribution in [3.8, 4) is 0 Å². The van der Waals surface area contributed by atoms with Crippen LogP contribution < -0.4 is 5.32 Å². The second kappa shape index (κ2) is 6.63. The van der Waals surface area contributed by atoms with Gasteiger partial charge >= 0.3 is 0 Å². The Morgan fingerprint density at radius 3 is 2.71 bits per heavy atom. The van der Waals surface area contributed by atoms with Crippen LogP contribution in [0.5, 0.6) is 0 Å². The van der Waals surface area contributed by atoms with Gasteiger partial charge in [-0.2, -0.15) is 0 Å².